The average molecular weight is 465 g/mol. The Morgan fingerprint density at radius 1 is 0.967 bits per heavy atom. The monoisotopic (exact) mass is 464 g/mol. The maximum Gasteiger partial charge on any atom is 0.326 e. The van der Waals surface area contributed by atoms with Crippen molar-refractivity contribution in [2.24, 2.45) is 0 Å². The predicted molar refractivity (Wildman–Crippen MR) is 118 cm³/mol. The zero-order valence-electron chi connectivity index (χ0n) is 17.3. The topological polar surface area (TPSA) is 157 Å². The van der Waals surface area contributed by atoms with Crippen molar-refractivity contribution in [1.29, 1.82) is 0 Å². The number of amides is 3. The summed E-state index contributed by atoms with van der Waals surface area (Å²) >= 11 is 2.95. The summed E-state index contributed by atoms with van der Waals surface area (Å²) in [6.45, 7) is 0.0962. The van der Waals surface area contributed by atoms with Gasteiger partial charge in [-0.3, -0.25) is 14.4 Å². The van der Waals surface area contributed by atoms with Crippen LogP contribution in [0.2, 0.25) is 0 Å². The maximum atomic E-state index is 12.6. The number of rotatable bonds is 14. The number of hydrogen-bond donors (Lipinski definition) is 6. The van der Waals surface area contributed by atoms with Gasteiger partial charge in [-0.15, -0.1) is 0 Å². The van der Waals surface area contributed by atoms with E-state index >= 15 is 0 Å². The molecule has 0 aliphatic carbocycles. The lowest BCUT2D eigenvalue weighted by Crippen LogP contribution is -2.58. The lowest BCUT2D eigenvalue weighted by molar-refractivity contribution is -0.142. The Kier molecular flexibility index (Phi) is 12.8. The van der Waals surface area contributed by atoms with E-state index in [0.717, 1.165) is 6.42 Å². The highest BCUT2D eigenvalue weighted by atomic mass is 32.2. The molecule has 0 saturated carbocycles. The van der Waals surface area contributed by atoms with Crippen molar-refractivity contribution in [2.75, 3.05) is 37.2 Å². The van der Waals surface area contributed by atoms with Gasteiger partial charge >= 0.3 is 5.97 Å². The minimum atomic E-state index is -1.20. The van der Waals surface area contributed by atoms with Crippen LogP contribution in [0.15, 0.2) is 0 Å². The van der Waals surface area contributed by atoms with Crippen molar-refractivity contribution in [3.05, 3.63) is 0 Å². The lowest BCUT2D eigenvalue weighted by Gasteiger charge is -2.24. The van der Waals surface area contributed by atoms with E-state index in [9.17, 15) is 29.4 Å². The van der Waals surface area contributed by atoms with Gasteiger partial charge in [-0.1, -0.05) is 0 Å². The molecule has 0 aromatic heterocycles. The number of nitrogens with one attached hydrogen (secondary N) is 4. The third-order valence-electron chi connectivity index (χ3n) is 4.66. The van der Waals surface area contributed by atoms with E-state index < -0.39 is 48.6 Å². The van der Waals surface area contributed by atoms with Crippen molar-refractivity contribution in [3.63, 3.8) is 0 Å². The van der Waals surface area contributed by atoms with E-state index in [1.54, 1.807) is 0 Å². The number of carbonyl (C=O) groups is 4. The van der Waals surface area contributed by atoms with Crippen LogP contribution in [-0.4, -0.2) is 95.2 Å². The second kappa shape index (κ2) is 14.5. The van der Waals surface area contributed by atoms with Crippen molar-refractivity contribution < 1.29 is 29.4 Å². The molecule has 12 heteroatoms. The van der Waals surface area contributed by atoms with Crippen molar-refractivity contribution in [2.45, 2.75) is 49.9 Å². The van der Waals surface area contributed by atoms with E-state index in [4.69, 9.17) is 0 Å². The van der Waals surface area contributed by atoms with Gasteiger partial charge in [-0.25, -0.2) is 4.79 Å². The predicted octanol–water partition coefficient (Wildman–Crippen LogP) is -1.22. The average Bonchev–Trinajstić information content (AvgIpc) is 3.26. The molecular formula is C18H32N4O6S2. The molecule has 0 bridgehead atoms. The number of aliphatic hydroxyl groups is 1. The quantitative estimate of drug-likeness (QED) is 0.185. The number of aliphatic carboxylic acids is 1. The van der Waals surface area contributed by atoms with Gasteiger partial charge in [0.05, 0.1) is 12.6 Å². The second-order valence-electron chi connectivity index (χ2n) is 6.92. The number of thioether (sulfide) groups is 2. The molecule has 0 spiro atoms. The van der Waals surface area contributed by atoms with Gasteiger partial charge in [-0.05, 0) is 56.2 Å². The van der Waals surface area contributed by atoms with Gasteiger partial charge in [0.15, 0.2) is 0 Å². The molecule has 172 valence electrons. The first-order valence-corrected chi connectivity index (χ1v) is 12.6. The Morgan fingerprint density at radius 3 is 2.03 bits per heavy atom. The van der Waals surface area contributed by atoms with E-state index in [1.165, 1.54) is 23.5 Å². The van der Waals surface area contributed by atoms with Crippen LogP contribution in [0, 0.1) is 0 Å². The molecule has 6 N–H and O–H groups in total. The summed E-state index contributed by atoms with van der Waals surface area (Å²) in [7, 11) is 0. The summed E-state index contributed by atoms with van der Waals surface area (Å²) in [4.78, 5) is 48.8. The molecule has 0 aromatic carbocycles. The van der Waals surface area contributed by atoms with Crippen LogP contribution in [0.1, 0.15) is 25.7 Å². The van der Waals surface area contributed by atoms with Gasteiger partial charge in [0.2, 0.25) is 17.7 Å². The molecule has 1 heterocycles. The first-order chi connectivity index (χ1) is 14.3. The largest absolute Gasteiger partial charge is 0.480 e. The highest BCUT2D eigenvalue weighted by Crippen LogP contribution is 2.07. The van der Waals surface area contributed by atoms with Gasteiger partial charge in [0.1, 0.15) is 18.1 Å². The molecule has 0 aromatic rings. The van der Waals surface area contributed by atoms with E-state index in [-0.39, 0.29) is 18.7 Å². The summed E-state index contributed by atoms with van der Waals surface area (Å²) in [5, 5.41) is 29.4. The van der Waals surface area contributed by atoms with Crippen LogP contribution in [0.4, 0.5) is 0 Å². The van der Waals surface area contributed by atoms with Crippen LogP contribution in [0.25, 0.3) is 0 Å². The molecule has 0 radical (unpaired) electrons. The van der Waals surface area contributed by atoms with Gasteiger partial charge in [0.25, 0.3) is 0 Å². The number of carbonyl (C=O) groups excluding carboxylic acids is 3. The van der Waals surface area contributed by atoms with E-state index in [2.05, 4.69) is 21.3 Å². The molecule has 4 atom stereocenters. The first-order valence-electron chi connectivity index (χ1n) is 9.80. The molecule has 1 rings (SSSR count). The zero-order valence-corrected chi connectivity index (χ0v) is 18.9. The fourth-order valence-corrected chi connectivity index (χ4v) is 3.86. The minimum absolute atomic E-state index is 0.259. The molecule has 30 heavy (non-hydrogen) atoms. The Balaban J connectivity index is 2.74. The minimum Gasteiger partial charge on any atom is -0.480 e. The van der Waals surface area contributed by atoms with Crippen LogP contribution in [0.3, 0.4) is 0 Å². The summed E-state index contributed by atoms with van der Waals surface area (Å²) in [6.07, 6.45) is 5.73. The van der Waals surface area contributed by atoms with Crippen molar-refractivity contribution in [3.8, 4) is 0 Å². The first kappa shape index (κ1) is 26.5. The fourth-order valence-electron chi connectivity index (χ4n) is 2.92. The molecule has 1 aliphatic rings. The number of carboxylic acid groups (broad SMARTS) is 1. The normalized spacial score (nSPS) is 18.8. The van der Waals surface area contributed by atoms with Crippen LogP contribution >= 0.6 is 23.5 Å². The highest BCUT2D eigenvalue weighted by Gasteiger charge is 2.30. The third kappa shape index (κ3) is 9.11. The van der Waals surface area contributed by atoms with E-state index in [0.29, 0.717) is 24.5 Å². The smallest absolute Gasteiger partial charge is 0.326 e. The molecule has 3 amide bonds. The number of aliphatic hydroxyl groups excluding tert-OH is 1. The standard InChI is InChI=1S/C18H32N4O6S2/c1-29-8-5-12(16(25)21-13(18(27)28)6-9-30-2)20-17(26)14(10-23)22-15(24)11-4-3-7-19-11/h11-14,19,23H,3-10H2,1-2H3,(H,20,26)(H,21,25)(H,22,24)(H,27,28). The van der Waals surface area contributed by atoms with Gasteiger partial charge < -0.3 is 31.5 Å². The SMILES string of the molecule is CSCCC(NC(=O)C(CCSC)NC(=O)C(CO)NC(=O)C1CCCN1)C(=O)O. The van der Waals surface area contributed by atoms with Crippen molar-refractivity contribution in [1.82, 2.24) is 21.3 Å². The highest BCUT2D eigenvalue weighted by molar-refractivity contribution is 7.98. The third-order valence-corrected chi connectivity index (χ3v) is 5.95. The summed E-state index contributed by atoms with van der Waals surface area (Å²) < 4.78 is 0. The second-order valence-corrected chi connectivity index (χ2v) is 8.89. The molecule has 1 fully saturated rings. The molecule has 10 nitrogen and oxygen atoms in total. The summed E-state index contributed by atoms with van der Waals surface area (Å²) in [5.41, 5.74) is 0. The van der Waals surface area contributed by atoms with Gasteiger partial charge in [0, 0.05) is 0 Å². The van der Waals surface area contributed by atoms with Crippen LogP contribution in [0.5, 0.6) is 0 Å². The Bertz CT molecular complexity index is 589. The van der Waals surface area contributed by atoms with Gasteiger partial charge in [-0.2, -0.15) is 23.5 Å². The maximum absolute atomic E-state index is 12.6. The number of carboxylic acids is 1. The zero-order chi connectivity index (χ0) is 22.5. The lowest BCUT2D eigenvalue weighted by atomic mass is 10.1. The Morgan fingerprint density at radius 2 is 1.53 bits per heavy atom. The molecule has 1 saturated heterocycles. The van der Waals surface area contributed by atoms with Crippen LogP contribution in [-0.2, 0) is 19.2 Å². The van der Waals surface area contributed by atoms with Crippen LogP contribution < -0.4 is 21.3 Å². The summed E-state index contributed by atoms with van der Waals surface area (Å²) in [5.74, 6) is -1.70. The molecule has 4 unspecified atom stereocenters. The Labute approximate surface area is 185 Å². The summed E-state index contributed by atoms with van der Waals surface area (Å²) in [6, 6.07) is -3.64. The molecule has 1 aliphatic heterocycles. The molecular weight excluding hydrogens is 432 g/mol. The van der Waals surface area contributed by atoms with E-state index in [1.807, 2.05) is 12.5 Å². The fraction of sp³-hybridized carbons (Fsp3) is 0.778. The number of hydrogen-bond acceptors (Lipinski definition) is 8. The Hall–Kier alpha value is -1.50. The van der Waals surface area contributed by atoms with Crippen molar-refractivity contribution >= 4 is 47.2 Å².